The first kappa shape index (κ1) is 28.4. The Hall–Kier alpha value is -4.64. The standard InChI is InChI=1S/C29H26BrN3O7/c1-16-6-5-7-23(17(16)2)31-25(34)15-40-26-22(30)13-18(14-24(26)39-4)12-21-27(35)32-29(37)33(28(21)36)19-8-10-20(38-3)11-9-19/h5-14H,15H2,1-4H3,(H,31,34)(H,32,35,37)/b21-12+. The molecule has 0 aromatic heterocycles. The number of carbonyl (C=O) groups excluding carboxylic acids is 4. The Morgan fingerprint density at radius 3 is 2.42 bits per heavy atom. The predicted molar refractivity (Wildman–Crippen MR) is 153 cm³/mol. The quantitative estimate of drug-likeness (QED) is 0.279. The van der Waals surface area contributed by atoms with Crippen LogP contribution >= 0.6 is 15.9 Å². The maximum atomic E-state index is 13.2. The monoisotopic (exact) mass is 607 g/mol. The summed E-state index contributed by atoms with van der Waals surface area (Å²) in [6.07, 6.45) is 1.34. The van der Waals surface area contributed by atoms with Gasteiger partial charge in [-0.1, -0.05) is 12.1 Å². The number of hydrogen-bond donors (Lipinski definition) is 2. The van der Waals surface area contributed by atoms with E-state index in [9.17, 15) is 19.2 Å². The number of benzene rings is 3. The van der Waals surface area contributed by atoms with Gasteiger partial charge in [0.15, 0.2) is 18.1 Å². The second kappa shape index (κ2) is 12.0. The van der Waals surface area contributed by atoms with Crippen molar-refractivity contribution in [2.24, 2.45) is 0 Å². The van der Waals surface area contributed by atoms with E-state index >= 15 is 0 Å². The number of nitrogens with one attached hydrogen (secondary N) is 2. The van der Waals surface area contributed by atoms with Gasteiger partial charge in [0.05, 0.1) is 24.4 Å². The number of carbonyl (C=O) groups is 4. The number of aryl methyl sites for hydroxylation is 1. The van der Waals surface area contributed by atoms with E-state index in [1.807, 2.05) is 32.0 Å². The number of rotatable bonds is 8. The van der Waals surface area contributed by atoms with E-state index in [4.69, 9.17) is 14.2 Å². The summed E-state index contributed by atoms with van der Waals surface area (Å²) >= 11 is 3.42. The molecule has 10 nitrogen and oxygen atoms in total. The Morgan fingerprint density at radius 2 is 1.75 bits per heavy atom. The van der Waals surface area contributed by atoms with Crippen molar-refractivity contribution in [2.45, 2.75) is 13.8 Å². The van der Waals surface area contributed by atoms with Crippen molar-refractivity contribution in [1.82, 2.24) is 5.32 Å². The molecule has 3 aromatic rings. The predicted octanol–water partition coefficient (Wildman–Crippen LogP) is 4.77. The van der Waals surface area contributed by atoms with Gasteiger partial charge in [0.2, 0.25) is 0 Å². The number of methoxy groups -OCH3 is 2. The molecule has 4 rings (SSSR count). The van der Waals surface area contributed by atoms with Crippen LogP contribution in [0.15, 0.2) is 64.6 Å². The van der Waals surface area contributed by atoms with Crippen molar-refractivity contribution < 1.29 is 33.4 Å². The topological polar surface area (TPSA) is 123 Å². The normalized spacial score (nSPS) is 14.2. The molecule has 11 heteroatoms. The van der Waals surface area contributed by atoms with E-state index in [2.05, 4.69) is 26.6 Å². The summed E-state index contributed by atoms with van der Waals surface area (Å²) in [5, 5.41) is 5.02. The first-order chi connectivity index (χ1) is 19.1. The van der Waals surface area contributed by atoms with E-state index in [0.29, 0.717) is 21.5 Å². The molecule has 2 N–H and O–H groups in total. The van der Waals surface area contributed by atoms with Crippen molar-refractivity contribution >= 4 is 57.1 Å². The maximum absolute atomic E-state index is 13.2. The summed E-state index contributed by atoms with van der Waals surface area (Å²) < 4.78 is 16.7. The fourth-order valence-corrected chi connectivity index (χ4v) is 4.54. The lowest BCUT2D eigenvalue weighted by Gasteiger charge is -2.26. The molecule has 0 unspecified atom stereocenters. The second-order valence-corrected chi connectivity index (χ2v) is 9.63. The van der Waals surface area contributed by atoms with Crippen molar-refractivity contribution in [2.75, 3.05) is 31.0 Å². The minimum atomic E-state index is -0.862. The molecule has 1 fully saturated rings. The molecular formula is C29H26BrN3O7. The molecule has 0 bridgehead atoms. The van der Waals surface area contributed by atoms with E-state index in [0.717, 1.165) is 16.0 Å². The molecule has 1 saturated heterocycles. The molecule has 1 aliphatic heterocycles. The van der Waals surface area contributed by atoms with E-state index in [-0.39, 0.29) is 35.3 Å². The molecular weight excluding hydrogens is 582 g/mol. The summed E-state index contributed by atoms with van der Waals surface area (Å²) in [7, 11) is 2.92. The lowest BCUT2D eigenvalue weighted by molar-refractivity contribution is -0.122. The molecule has 0 saturated carbocycles. The number of imide groups is 2. The number of barbiturate groups is 1. The summed E-state index contributed by atoms with van der Waals surface area (Å²) in [4.78, 5) is 51.7. The third kappa shape index (κ3) is 5.99. The van der Waals surface area contributed by atoms with Gasteiger partial charge >= 0.3 is 6.03 Å². The lowest BCUT2D eigenvalue weighted by Crippen LogP contribution is -2.54. The van der Waals surface area contributed by atoms with Gasteiger partial charge in [-0.2, -0.15) is 0 Å². The molecule has 5 amide bonds. The number of amides is 5. The van der Waals surface area contributed by atoms with E-state index in [1.54, 1.807) is 24.3 Å². The molecule has 40 heavy (non-hydrogen) atoms. The Morgan fingerprint density at radius 1 is 1.02 bits per heavy atom. The molecule has 0 aliphatic carbocycles. The molecule has 0 spiro atoms. The van der Waals surface area contributed by atoms with Crippen molar-refractivity contribution in [3.05, 3.63) is 81.3 Å². The SMILES string of the molecule is COc1ccc(N2C(=O)NC(=O)/C(=C\c3cc(Br)c(OCC(=O)Nc4cccc(C)c4C)c(OC)c3)C2=O)cc1. The van der Waals surface area contributed by atoms with Gasteiger partial charge in [-0.05, 0) is 95.0 Å². The lowest BCUT2D eigenvalue weighted by atomic mass is 10.1. The Bertz CT molecular complexity index is 1530. The minimum absolute atomic E-state index is 0.257. The van der Waals surface area contributed by atoms with Crippen LogP contribution in [-0.2, 0) is 14.4 Å². The summed E-state index contributed by atoms with van der Waals surface area (Å²) in [6, 6.07) is 14.2. The van der Waals surface area contributed by atoms with Crippen LogP contribution in [0.2, 0.25) is 0 Å². The molecule has 0 atom stereocenters. The van der Waals surface area contributed by atoms with Gasteiger partial charge in [0.1, 0.15) is 11.3 Å². The van der Waals surface area contributed by atoms with Crippen LogP contribution in [-0.4, -0.2) is 44.6 Å². The average molecular weight is 608 g/mol. The number of ether oxygens (including phenoxy) is 3. The largest absolute Gasteiger partial charge is 0.497 e. The zero-order valence-corrected chi connectivity index (χ0v) is 23.7. The van der Waals surface area contributed by atoms with Crippen LogP contribution in [0.3, 0.4) is 0 Å². The van der Waals surface area contributed by atoms with Gasteiger partial charge < -0.3 is 19.5 Å². The van der Waals surface area contributed by atoms with Crippen LogP contribution in [0.5, 0.6) is 17.2 Å². The highest BCUT2D eigenvalue weighted by molar-refractivity contribution is 9.10. The fraction of sp³-hybridized carbons (Fsp3) is 0.172. The number of anilines is 2. The van der Waals surface area contributed by atoms with Crippen molar-refractivity contribution in [1.29, 1.82) is 0 Å². The summed E-state index contributed by atoms with van der Waals surface area (Å²) in [5.41, 5.74) is 3.13. The molecule has 0 radical (unpaired) electrons. The summed E-state index contributed by atoms with van der Waals surface area (Å²) in [5.74, 6) is -0.928. The zero-order valence-electron chi connectivity index (χ0n) is 22.2. The van der Waals surface area contributed by atoms with Crippen LogP contribution in [0.4, 0.5) is 16.2 Å². The highest BCUT2D eigenvalue weighted by atomic mass is 79.9. The first-order valence-corrected chi connectivity index (χ1v) is 12.8. The molecule has 1 heterocycles. The third-order valence-electron chi connectivity index (χ3n) is 6.22. The first-order valence-electron chi connectivity index (χ1n) is 12.0. The van der Waals surface area contributed by atoms with Gasteiger partial charge in [0, 0.05) is 5.69 Å². The van der Waals surface area contributed by atoms with Gasteiger partial charge in [-0.25, -0.2) is 9.69 Å². The van der Waals surface area contributed by atoms with Gasteiger partial charge in [-0.15, -0.1) is 0 Å². The number of halogens is 1. The smallest absolute Gasteiger partial charge is 0.335 e. The van der Waals surface area contributed by atoms with Gasteiger partial charge in [0.25, 0.3) is 17.7 Å². The van der Waals surface area contributed by atoms with Crippen molar-refractivity contribution in [3.8, 4) is 17.2 Å². The Kier molecular flexibility index (Phi) is 8.54. The van der Waals surface area contributed by atoms with Crippen LogP contribution in [0.1, 0.15) is 16.7 Å². The highest BCUT2D eigenvalue weighted by Gasteiger charge is 2.37. The highest BCUT2D eigenvalue weighted by Crippen LogP contribution is 2.37. The molecule has 206 valence electrons. The van der Waals surface area contributed by atoms with Gasteiger partial charge in [-0.3, -0.25) is 19.7 Å². The third-order valence-corrected chi connectivity index (χ3v) is 6.81. The van der Waals surface area contributed by atoms with E-state index < -0.39 is 17.8 Å². The minimum Gasteiger partial charge on any atom is -0.497 e. The summed E-state index contributed by atoms with van der Waals surface area (Å²) in [6.45, 7) is 3.59. The zero-order chi connectivity index (χ0) is 29.0. The fourth-order valence-electron chi connectivity index (χ4n) is 3.96. The van der Waals surface area contributed by atoms with Crippen LogP contribution < -0.4 is 29.7 Å². The Labute approximate surface area is 239 Å². The maximum Gasteiger partial charge on any atom is 0.335 e. The molecule has 1 aliphatic rings. The number of urea groups is 1. The van der Waals surface area contributed by atoms with Crippen LogP contribution in [0.25, 0.3) is 6.08 Å². The Balaban J connectivity index is 1.55. The van der Waals surface area contributed by atoms with Crippen molar-refractivity contribution in [3.63, 3.8) is 0 Å². The van der Waals surface area contributed by atoms with Crippen LogP contribution in [0, 0.1) is 13.8 Å². The second-order valence-electron chi connectivity index (χ2n) is 8.77. The number of hydrogen-bond acceptors (Lipinski definition) is 7. The number of nitrogens with zero attached hydrogens (tertiary/aromatic N) is 1. The van der Waals surface area contributed by atoms with E-state index in [1.165, 1.54) is 32.4 Å². The average Bonchev–Trinajstić information content (AvgIpc) is 2.93. The molecule has 3 aromatic carbocycles.